The van der Waals surface area contributed by atoms with Gasteiger partial charge in [-0.2, -0.15) is 0 Å². The van der Waals surface area contributed by atoms with Crippen LogP contribution in [0.25, 0.3) is 22.0 Å². The minimum absolute atomic E-state index is 0.0795. The number of carboxylic acid groups (broad SMARTS) is 1. The van der Waals surface area contributed by atoms with Gasteiger partial charge in [-0.3, -0.25) is 4.79 Å². The number of nitrogens with zero attached hydrogens (tertiary/aromatic N) is 2. The van der Waals surface area contributed by atoms with E-state index in [2.05, 4.69) is 22.5 Å². The van der Waals surface area contributed by atoms with Gasteiger partial charge in [0.1, 0.15) is 5.82 Å². The topological polar surface area (TPSA) is 54.7 Å². The fraction of sp³-hybridized carbons (Fsp3) is 0.348. The number of benzene rings is 2. The number of carbonyl (C=O) groups is 1. The van der Waals surface area contributed by atoms with Gasteiger partial charge >= 0.3 is 5.97 Å². The zero-order chi connectivity index (χ0) is 20.7. The van der Waals surface area contributed by atoms with Gasteiger partial charge in [0.05, 0.1) is 24.2 Å². The predicted molar refractivity (Wildman–Crippen MR) is 112 cm³/mol. The number of anilines is 1. The number of rotatable bonds is 6. The molecule has 0 amide bonds. The summed E-state index contributed by atoms with van der Waals surface area (Å²) >= 11 is 0. The van der Waals surface area contributed by atoms with E-state index in [1.807, 2.05) is 6.92 Å². The molecular formula is C23H25FN2O3. The Morgan fingerprint density at radius 2 is 1.93 bits per heavy atom. The molecule has 0 bridgehead atoms. The van der Waals surface area contributed by atoms with Crippen molar-refractivity contribution in [2.75, 3.05) is 31.7 Å². The SMILES string of the molecule is COCCN1CCn2c(C)cc3c(-c4ccc(F)cc4)c(CC(=O)O)c(C)c1c32. The predicted octanol–water partition coefficient (Wildman–Crippen LogP) is 4.16. The highest BCUT2D eigenvalue weighted by atomic mass is 19.1. The summed E-state index contributed by atoms with van der Waals surface area (Å²) in [5.41, 5.74) is 6.82. The van der Waals surface area contributed by atoms with Crippen LogP contribution in [0.1, 0.15) is 16.8 Å². The van der Waals surface area contributed by atoms with Gasteiger partial charge in [0.25, 0.3) is 0 Å². The number of aromatic nitrogens is 1. The molecule has 152 valence electrons. The molecule has 0 saturated heterocycles. The van der Waals surface area contributed by atoms with Crippen molar-refractivity contribution in [3.05, 3.63) is 53.0 Å². The van der Waals surface area contributed by atoms with Crippen molar-refractivity contribution >= 4 is 22.6 Å². The van der Waals surface area contributed by atoms with Crippen LogP contribution in [0.15, 0.2) is 30.3 Å². The van der Waals surface area contributed by atoms with Crippen molar-refractivity contribution in [3.63, 3.8) is 0 Å². The number of aliphatic carboxylic acids is 1. The van der Waals surface area contributed by atoms with E-state index in [1.54, 1.807) is 19.2 Å². The summed E-state index contributed by atoms with van der Waals surface area (Å²) in [6.45, 7) is 7.15. The number of hydrogen-bond acceptors (Lipinski definition) is 3. The zero-order valence-electron chi connectivity index (χ0n) is 17.0. The highest BCUT2D eigenvalue weighted by Crippen LogP contribution is 2.44. The minimum Gasteiger partial charge on any atom is -0.481 e. The van der Waals surface area contributed by atoms with Crippen molar-refractivity contribution < 1.29 is 19.0 Å². The molecule has 1 aromatic heterocycles. The molecule has 4 rings (SSSR count). The third kappa shape index (κ3) is 3.27. The molecule has 0 aliphatic carbocycles. The van der Waals surface area contributed by atoms with Crippen molar-refractivity contribution in [2.45, 2.75) is 26.8 Å². The second-order valence-corrected chi connectivity index (χ2v) is 7.58. The van der Waals surface area contributed by atoms with Gasteiger partial charge < -0.3 is 19.3 Å². The van der Waals surface area contributed by atoms with Crippen LogP contribution in [0.5, 0.6) is 0 Å². The summed E-state index contributed by atoms with van der Waals surface area (Å²) in [4.78, 5) is 14.0. The second kappa shape index (κ2) is 7.52. The van der Waals surface area contributed by atoms with Gasteiger partial charge in [-0.1, -0.05) is 12.1 Å². The maximum atomic E-state index is 13.6. The van der Waals surface area contributed by atoms with Crippen LogP contribution < -0.4 is 4.90 Å². The zero-order valence-corrected chi connectivity index (χ0v) is 17.0. The summed E-state index contributed by atoms with van der Waals surface area (Å²) < 4.78 is 21.2. The van der Waals surface area contributed by atoms with E-state index in [-0.39, 0.29) is 12.2 Å². The van der Waals surface area contributed by atoms with E-state index in [0.29, 0.717) is 6.61 Å². The maximum Gasteiger partial charge on any atom is 0.307 e. The fourth-order valence-corrected chi connectivity index (χ4v) is 4.54. The van der Waals surface area contributed by atoms with Crippen LogP contribution in [0, 0.1) is 19.7 Å². The Balaban J connectivity index is 2.06. The van der Waals surface area contributed by atoms with Crippen molar-refractivity contribution in [1.82, 2.24) is 4.57 Å². The second-order valence-electron chi connectivity index (χ2n) is 7.58. The molecule has 0 saturated carbocycles. The first-order valence-electron chi connectivity index (χ1n) is 9.79. The largest absolute Gasteiger partial charge is 0.481 e. The Hall–Kier alpha value is -2.86. The van der Waals surface area contributed by atoms with Crippen LogP contribution in [0.2, 0.25) is 0 Å². The normalized spacial score (nSPS) is 13.3. The number of ether oxygens (including phenoxy) is 1. The van der Waals surface area contributed by atoms with E-state index < -0.39 is 5.97 Å². The standard InChI is InChI=1S/C23H25FN2O3/c1-14-12-19-21(16-4-6-17(24)7-5-16)18(13-20(27)28)15(2)22-23(19)26(14)9-8-25(22)10-11-29-3/h4-7,12H,8-11,13H2,1-3H3,(H,27,28). The smallest absolute Gasteiger partial charge is 0.307 e. The van der Waals surface area contributed by atoms with Gasteiger partial charge in [-0.25, -0.2) is 4.39 Å². The third-order valence-corrected chi connectivity index (χ3v) is 5.84. The molecule has 0 atom stereocenters. The highest BCUT2D eigenvalue weighted by molar-refractivity contribution is 6.07. The van der Waals surface area contributed by atoms with Gasteiger partial charge in [0.2, 0.25) is 0 Å². The average Bonchev–Trinajstić information content (AvgIpc) is 3.02. The molecule has 3 aromatic rings. The Morgan fingerprint density at radius 1 is 1.21 bits per heavy atom. The number of carboxylic acids is 1. The van der Waals surface area contributed by atoms with E-state index in [0.717, 1.165) is 64.2 Å². The number of halogens is 1. The van der Waals surface area contributed by atoms with Crippen LogP contribution in [-0.2, 0) is 22.5 Å². The lowest BCUT2D eigenvalue weighted by atomic mass is 9.88. The fourth-order valence-electron chi connectivity index (χ4n) is 4.54. The molecule has 0 spiro atoms. The number of hydrogen-bond donors (Lipinski definition) is 1. The first-order chi connectivity index (χ1) is 13.9. The van der Waals surface area contributed by atoms with Gasteiger partial charge in [-0.05, 0) is 54.3 Å². The molecule has 2 aromatic carbocycles. The molecule has 1 aliphatic rings. The highest BCUT2D eigenvalue weighted by Gasteiger charge is 2.28. The molecule has 1 N–H and O–H groups in total. The Kier molecular flexibility index (Phi) is 5.04. The van der Waals surface area contributed by atoms with E-state index in [9.17, 15) is 14.3 Å². The minimum atomic E-state index is -0.876. The molecule has 0 fully saturated rings. The summed E-state index contributed by atoms with van der Waals surface area (Å²) in [6, 6.07) is 8.44. The van der Waals surface area contributed by atoms with Crippen molar-refractivity contribution in [1.29, 1.82) is 0 Å². The summed E-state index contributed by atoms with van der Waals surface area (Å²) in [6.07, 6.45) is -0.0795. The maximum absolute atomic E-state index is 13.6. The Labute approximate surface area is 169 Å². The van der Waals surface area contributed by atoms with Crippen LogP contribution in [0.3, 0.4) is 0 Å². The summed E-state index contributed by atoms with van der Waals surface area (Å²) in [5.74, 6) is -1.18. The van der Waals surface area contributed by atoms with E-state index in [4.69, 9.17) is 4.74 Å². The quantitative estimate of drug-likeness (QED) is 0.680. The van der Waals surface area contributed by atoms with Gasteiger partial charge in [0.15, 0.2) is 0 Å². The average molecular weight is 396 g/mol. The number of aryl methyl sites for hydroxylation is 1. The van der Waals surface area contributed by atoms with Gasteiger partial charge in [-0.15, -0.1) is 0 Å². The lowest BCUT2D eigenvalue weighted by Crippen LogP contribution is -2.35. The monoisotopic (exact) mass is 396 g/mol. The molecule has 2 heterocycles. The molecule has 1 aliphatic heterocycles. The first-order valence-corrected chi connectivity index (χ1v) is 9.79. The van der Waals surface area contributed by atoms with Crippen LogP contribution in [-0.4, -0.2) is 42.4 Å². The van der Waals surface area contributed by atoms with Gasteiger partial charge in [0, 0.05) is 37.8 Å². The molecule has 29 heavy (non-hydrogen) atoms. The van der Waals surface area contributed by atoms with Crippen LogP contribution in [0.4, 0.5) is 10.1 Å². The summed E-state index contributed by atoms with van der Waals surface area (Å²) in [5, 5.41) is 10.6. The Bertz CT molecular complexity index is 1090. The lowest BCUT2D eigenvalue weighted by molar-refractivity contribution is -0.136. The molecular weight excluding hydrogens is 371 g/mol. The van der Waals surface area contributed by atoms with E-state index >= 15 is 0 Å². The molecule has 0 radical (unpaired) electrons. The van der Waals surface area contributed by atoms with Crippen molar-refractivity contribution in [3.8, 4) is 11.1 Å². The van der Waals surface area contributed by atoms with E-state index in [1.165, 1.54) is 12.1 Å². The Morgan fingerprint density at radius 3 is 2.59 bits per heavy atom. The molecule has 6 heteroatoms. The van der Waals surface area contributed by atoms with Crippen molar-refractivity contribution in [2.24, 2.45) is 0 Å². The number of methoxy groups -OCH3 is 1. The molecule has 5 nitrogen and oxygen atoms in total. The molecule has 0 unspecified atom stereocenters. The lowest BCUT2D eigenvalue weighted by Gasteiger charge is -2.34. The summed E-state index contributed by atoms with van der Waals surface area (Å²) in [7, 11) is 1.69. The first kappa shape index (κ1) is 19.5. The van der Waals surface area contributed by atoms with Crippen LogP contribution >= 0.6 is 0 Å². The third-order valence-electron chi connectivity index (χ3n) is 5.84.